The summed E-state index contributed by atoms with van der Waals surface area (Å²) in [5.74, 6) is 1.49. The number of hydrogen-bond acceptors (Lipinski definition) is 4. The first-order chi connectivity index (χ1) is 13.2. The molecule has 0 spiro atoms. The molecule has 2 atom stereocenters. The van der Waals surface area contributed by atoms with E-state index in [0.29, 0.717) is 23.0 Å². The summed E-state index contributed by atoms with van der Waals surface area (Å²) in [5.41, 5.74) is 1.33. The SMILES string of the molecule is O=C(Nc1nc(CC(=O)N2CC[C@H]3CCCC[C@@H]3C2)cs1)c1ccccc1. The number of fused-ring (bicyclic) bond motifs is 1. The van der Waals surface area contributed by atoms with E-state index in [9.17, 15) is 9.59 Å². The van der Waals surface area contributed by atoms with Crippen molar-refractivity contribution in [3.63, 3.8) is 0 Å². The van der Waals surface area contributed by atoms with Crippen LogP contribution in [-0.4, -0.2) is 34.8 Å². The van der Waals surface area contributed by atoms with Crippen LogP contribution >= 0.6 is 11.3 Å². The molecule has 2 fully saturated rings. The number of rotatable bonds is 4. The van der Waals surface area contributed by atoms with Crippen LogP contribution in [0.15, 0.2) is 35.7 Å². The number of amides is 2. The molecule has 142 valence electrons. The van der Waals surface area contributed by atoms with Crippen molar-refractivity contribution in [2.24, 2.45) is 11.8 Å². The Morgan fingerprint density at radius 1 is 1.11 bits per heavy atom. The number of aromatic nitrogens is 1. The lowest BCUT2D eigenvalue weighted by Gasteiger charge is -2.41. The van der Waals surface area contributed by atoms with Gasteiger partial charge in [-0.25, -0.2) is 4.98 Å². The highest BCUT2D eigenvalue weighted by Gasteiger charge is 2.32. The highest BCUT2D eigenvalue weighted by atomic mass is 32.1. The van der Waals surface area contributed by atoms with Gasteiger partial charge in [-0.3, -0.25) is 14.9 Å². The molecule has 1 N–H and O–H groups in total. The quantitative estimate of drug-likeness (QED) is 0.869. The van der Waals surface area contributed by atoms with Crippen molar-refractivity contribution in [2.75, 3.05) is 18.4 Å². The number of carbonyl (C=O) groups is 2. The molecule has 2 heterocycles. The summed E-state index contributed by atoms with van der Waals surface area (Å²) < 4.78 is 0. The Morgan fingerprint density at radius 2 is 1.89 bits per heavy atom. The van der Waals surface area contributed by atoms with Crippen molar-refractivity contribution in [1.29, 1.82) is 0 Å². The third-order valence-electron chi connectivity index (χ3n) is 5.78. The summed E-state index contributed by atoms with van der Waals surface area (Å²) >= 11 is 1.37. The van der Waals surface area contributed by atoms with E-state index < -0.39 is 0 Å². The van der Waals surface area contributed by atoms with Gasteiger partial charge in [0.15, 0.2) is 5.13 Å². The van der Waals surface area contributed by atoms with Gasteiger partial charge in [0, 0.05) is 24.0 Å². The van der Waals surface area contributed by atoms with Gasteiger partial charge in [-0.15, -0.1) is 11.3 Å². The van der Waals surface area contributed by atoms with Crippen LogP contribution < -0.4 is 5.32 Å². The fourth-order valence-corrected chi connectivity index (χ4v) is 5.00. The molecule has 6 heteroatoms. The molecule has 2 aliphatic rings. The number of likely N-dealkylation sites (tertiary alicyclic amines) is 1. The number of piperidine rings is 1. The number of anilines is 1. The second-order valence-electron chi connectivity index (χ2n) is 7.57. The summed E-state index contributed by atoms with van der Waals surface area (Å²) in [4.78, 5) is 31.4. The lowest BCUT2D eigenvalue weighted by molar-refractivity contribution is -0.133. The molecule has 1 aromatic carbocycles. The van der Waals surface area contributed by atoms with Gasteiger partial charge in [0.25, 0.3) is 5.91 Å². The molecule has 5 nitrogen and oxygen atoms in total. The summed E-state index contributed by atoms with van der Waals surface area (Å²) in [5, 5.41) is 5.22. The van der Waals surface area contributed by atoms with Crippen LogP contribution in [0.5, 0.6) is 0 Å². The lowest BCUT2D eigenvalue weighted by atomic mass is 9.75. The number of carbonyl (C=O) groups excluding carboxylic acids is 2. The fourth-order valence-electron chi connectivity index (χ4n) is 4.30. The molecule has 0 unspecified atom stereocenters. The second-order valence-corrected chi connectivity index (χ2v) is 8.43. The molecule has 27 heavy (non-hydrogen) atoms. The van der Waals surface area contributed by atoms with Crippen LogP contribution in [-0.2, 0) is 11.2 Å². The molecular weight excluding hydrogens is 358 g/mol. The first kappa shape index (κ1) is 18.2. The monoisotopic (exact) mass is 383 g/mol. The van der Waals surface area contributed by atoms with Gasteiger partial charge in [-0.2, -0.15) is 0 Å². The number of nitrogens with one attached hydrogen (secondary N) is 1. The van der Waals surface area contributed by atoms with Gasteiger partial charge in [0.05, 0.1) is 12.1 Å². The number of hydrogen-bond donors (Lipinski definition) is 1. The Bertz CT molecular complexity index is 805. The normalized spacial score (nSPS) is 22.1. The predicted molar refractivity (Wildman–Crippen MR) is 107 cm³/mol. The molecule has 2 amide bonds. The van der Waals surface area contributed by atoms with Gasteiger partial charge in [0.2, 0.25) is 5.91 Å². The summed E-state index contributed by atoms with van der Waals surface area (Å²) in [7, 11) is 0. The highest BCUT2D eigenvalue weighted by Crippen LogP contribution is 2.36. The van der Waals surface area contributed by atoms with Crippen LogP contribution in [0, 0.1) is 11.8 Å². The first-order valence-corrected chi connectivity index (χ1v) is 10.7. The van der Waals surface area contributed by atoms with E-state index in [-0.39, 0.29) is 11.8 Å². The maximum atomic E-state index is 12.7. The standard InChI is InChI=1S/C21H25N3O2S/c25-19(24-11-10-15-6-4-5-9-17(15)13-24)12-18-14-27-21(22-18)23-20(26)16-7-2-1-3-8-16/h1-3,7-8,14-15,17H,4-6,9-13H2,(H,22,23,26)/t15-,17-/m1/s1. The Labute approximate surface area is 163 Å². The summed E-state index contributed by atoms with van der Waals surface area (Å²) in [6.45, 7) is 1.78. The fraction of sp³-hybridized carbons (Fsp3) is 0.476. The Balaban J connectivity index is 1.32. The van der Waals surface area contributed by atoms with Crippen molar-refractivity contribution in [3.8, 4) is 0 Å². The minimum Gasteiger partial charge on any atom is -0.342 e. The molecule has 0 bridgehead atoms. The van der Waals surface area contributed by atoms with Crippen molar-refractivity contribution in [2.45, 2.75) is 38.5 Å². The Kier molecular flexibility index (Phi) is 5.53. The van der Waals surface area contributed by atoms with Crippen LogP contribution in [0.4, 0.5) is 5.13 Å². The van der Waals surface area contributed by atoms with Crippen LogP contribution in [0.3, 0.4) is 0 Å². The van der Waals surface area contributed by atoms with Crippen molar-refractivity contribution >= 4 is 28.3 Å². The average Bonchev–Trinajstić information content (AvgIpc) is 3.15. The van der Waals surface area contributed by atoms with Crippen molar-refractivity contribution < 1.29 is 9.59 Å². The van der Waals surface area contributed by atoms with E-state index in [1.165, 1.54) is 37.0 Å². The number of thiazole rings is 1. The van der Waals surface area contributed by atoms with Gasteiger partial charge in [-0.05, 0) is 36.8 Å². The molecule has 1 aliphatic carbocycles. The van der Waals surface area contributed by atoms with Crippen LogP contribution in [0.25, 0.3) is 0 Å². The number of nitrogens with zero attached hydrogens (tertiary/aromatic N) is 2. The molecule has 1 saturated heterocycles. The van der Waals surface area contributed by atoms with Crippen molar-refractivity contribution in [3.05, 3.63) is 47.0 Å². The lowest BCUT2D eigenvalue weighted by Crippen LogP contribution is -2.45. The third kappa shape index (κ3) is 4.38. The topological polar surface area (TPSA) is 62.3 Å². The zero-order valence-electron chi connectivity index (χ0n) is 15.4. The molecular formula is C21H25N3O2S. The molecule has 1 aliphatic heterocycles. The minimum absolute atomic E-state index is 0.158. The molecule has 1 saturated carbocycles. The number of benzene rings is 1. The zero-order valence-corrected chi connectivity index (χ0v) is 16.2. The largest absolute Gasteiger partial charge is 0.342 e. The summed E-state index contributed by atoms with van der Waals surface area (Å²) in [6.07, 6.45) is 6.72. The third-order valence-corrected chi connectivity index (χ3v) is 6.59. The van der Waals surface area contributed by atoms with Crippen LogP contribution in [0.2, 0.25) is 0 Å². The Hall–Kier alpha value is -2.21. The van der Waals surface area contributed by atoms with E-state index in [4.69, 9.17) is 0 Å². The minimum atomic E-state index is -0.179. The maximum absolute atomic E-state index is 12.7. The van der Waals surface area contributed by atoms with Crippen molar-refractivity contribution in [1.82, 2.24) is 9.88 Å². The van der Waals surface area contributed by atoms with Gasteiger partial charge in [0.1, 0.15) is 0 Å². The van der Waals surface area contributed by atoms with Gasteiger partial charge < -0.3 is 4.90 Å². The smallest absolute Gasteiger partial charge is 0.257 e. The maximum Gasteiger partial charge on any atom is 0.257 e. The molecule has 1 aromatic heterocycles. The van der Waals surface area contributed by atoms with Gasteiger partial charge >= 0.3 is 0 Å². The van der Waals surface area contributed by atoms with E-state index in [2.05, 4.69) is 10.3 Å². The van der Waals surface area contributed by atoms with Crippen LogP contribution in [0.1, 0.15) is 48.2 Å². The van der Waals surface area contributed by atoms with E-state index in [0.717, 1.165) is 31.1 Å². The zero-order chi connectivity index (χ0) is 18.6. The van der Waals surface area contributed by atoms with E-state index in [1.54, 1.807) is 12.1 Å². The Morgan fingerprint density at radius 3 is 2.70 bits per heavy atom. The average molecular weight is 384 g/mol. The molecule has 4 rings (SSSR count). The van der Waals surface area contributed by atoms with E-state index >= 15 is 0 Å². The van der Waals surface area contributed by atoms with Gasteiger partial charge in [-0.1, -0.05) is 37.5 Å². The highest BCUT2D eigenvalue weighted by molar-refractivity contribution is 7.14. The molecule has 0 radical (unpaired) electrons. The molecule has 2 aromatic rings. The summed E-state index contributed by atoms with van der Waals surface area (Å²) in [6, 6.07) is 9.07. The van der Waals surface area contributed by atoms with E-state index in [1.807, 2.05) is 28.5 Å². The first-order valence-electron chi connectivity index (χ1n) is 9.77. The second kappa shape index (κ2) is 8.21. The predicted octanol–water partition coefficient (Wildman–Crippen LogP) is 3.98.